The van der Waals surface area contributed by atoms with Crippen LogP contribution in [0.15, 0.2) is 5.38 Å². The van der Waals surface area contributed by atoms with Gasteiger partial charge in [0, 0.05) is 19.5 Å². The molecular formula is C8H8Cl2F2N2OS. The summed E-state index contributed by atoms with van der Waals surface area (Å²) >= 11 is 11.4. The van der Waals surface area contributed by atoms with E-state index in [0.717, 1.165) is 16.7 Å². The summed E-state index contributed by atoms with van der Waals surface area (Å²) < 4.78 is 25.6. The van der Waals surface area contributed by atoms with Crippen LogP contribution in [0.2, 0.25) is 5.02 Å². The summed E-state index contributed by atoms with van der Waals surface area (Å²) in [6.45, 7) is 0. The van der Waals surface area contributed by atoms with Crippen molar-refractivity contribution in [1.82, 2.24) is 4.90 Å². The highest BCUT2D eigenvalue weighted by Crippen LogP contribution is 2.43. The zero-order valence-corrected chi connectivity index (χ0v) is 10.7. The second-order valence-corrected chi connectivity index (χ2v) is 4.85. The molecule has 0 saturated heterocycles. The first-order valence-corrected chi connectivity index (χ1v) is 5.69. The molecule has 0 saturated carbocycles. The fourth-order valence-corrected chi connectivity index (χ4v) is 2.37. The van der Waals surface area contributed by atoms with E-state index in [1.165, 1.54) is 19.0 Å². The average Bonchev–Trinajstić information content (AvgIpc) is 2.46. The third-order valence-electron chi connectivity index (χ3n) is 1.66. The van der Waals surface area contributed by atoms with Crippen LogP contribution in [-0.2, 0) is 5.38 Å². The molecule has 0 aliphatic rings. The van der Waals surface area contributed by atoms with Crippen molar-refractivity contribution in [2.75, 3.05) is 19.4 Å². The number of anilines is 1. The fraction of sp³-hybridized carbons (Fsp3) is 0.375. The molecule has 1 rings (SSSR count). The number of hydrogen-bond acceptors (Lipinski definition) is 2. The first kappa shape index (κ1) is 13.5. The van der Waals surface area contributed by atoms with Gasteiger partial charge in [-0.05, 0) is 11.6 Å². The molecule has 0 bridgehead atoms. The topological polar surface area (TPSA) is 32.3 Å². The molecule has 0 atom stereocenters. The Labute approximate surface area is 105 Å². The highest BCUT2D eigenvalue weighted by atomic mass is 35.5. The molecule has 0 unspecified atom stereocenters. The number of carbonyl (C=O) groups excluding carboxylic acids is 1. The van der Waals surface area contributed by atoms with Crippen LogP contribution in [0.1, 0.15) is 5.56 Å². The van der Waals surface area contributed by atoms with Crippen molar-refractivity contribution in [1.29, 1.82) is 0 Å². The van der Waals surface area contributed by atoms with E-state index < -0.39 is 17.0 Å². The zero-order valence-electron chi connectivity index (χ0n) is 8.35. The van der Waals surface area contributed by atoms with E-state index in [1.54, 1.807) is 0 Å². The lowest BCUT2D eigenvalue weighted by Gasteiger charge is -2.11. The molecule has 1 aromatic heterocycles. The quantitative estimate of drug-likeness (QED) is 0.825. The number of thiophene rings is 1. The van der Waals surface area contributed by atoms with Gasteiger partial charge in [-0.1, -0.05) is 11.6 Å². The van der Waals surface area contributed by atoms with Crippen LogP contribution in [0, 0.1) is 0 Å². The molecule has 16 heavy (non-hydrogen) atoms. The van der Waals surface area contributed by atoms with Gasteiger partial charge in [0.05, 0.1) is 10.6 Å². The Balaban J connectivity index is 2.93. The van der Waals surface area contributed by atoms with E-state index >= 15 is 0 Å². The maximum atomic E-state index is 12.8. The van der Waals surface area contributed by atoms with E-state index in [9.17, 15) is 13.6 Å². The Morgan fingerprint density at radius 1 is 1.56 bits per heavy atom. The van der Waals surface area contributed by atoms with Gasteiger partial charge >= 0.3 is 11.4 Å². The van der Waals surface area contributed by atoms with Crippen molar-refractivity contribution < 1.29 is 13.6 Å². The summed E-state index contributed by atoms with van der Waals surface area (Å²) in [6, 6.07) is -0.451. The van der Waals surface area contributed by atoms with Gasteiger partial charge in [0.2, 0.25) is 0 Å². The molecule has 1 N–H and O–H groups in total. The third-order valence-corrected chi connectivity index (χ3v) is 3.27. The Bertz CT molecular complexity index is 403. The lowest BCUT2D eigenvalue weighted by molar-refractivity contribution is 0.0958. The van der Waals surface area contributed by atoms with Crippen LogP contribution < -0.4 is 5.32 Å². The smallest absolute Gasteiger partial charge is 0.331 e. The van der Waals surface area contributed by atoms with E-state index in [-0.39, 0.29) is 10.0 Å². The molecule has 0 aromatic carbocycles. The predicted octanol–water partition coefficient (Wildman–Crippen LogP) is 3.78. The van der Waals surface area contributed by atoms with Crippen molar-refractivity contribution in [2.45, 2.75) is 5.38 Å². The Morgan fingerprint density at radius 3 is 2.50 bits per heavy atom. The summed E-state index contributed by atoms with van der Waals surface area (Å²) in [5.41, 5.74) is -0.505. The second-order valence-electron chi connectivity index (χ2n) is 3.11. The molecular weight excluding hydrogens is 281 g/mol. The standard InChI is InChI=1S/C8H8Cl2F2N2OS/c1-14(2)7(15)13-6-5(9)4(3-16-6)8(10,11)12/h3H,1-2H3,(H,13,15). The molecule has 0 spiro atoms. The molecule has 0 fully saturated rings. The van der Waals surface area contributed by atoms with Gasteiger partial charge in [-0.3, -0.25) is 5.32 Å². The molecule has 8 heteroatoms. The number of urea groups is 1. The Morgan fingerprint density at radius 2 is 2.12 bits per heavy atom. The van der Waals surface area contributed by atoms with Gasteiger partial charge in [-0.2, -0.15) is 8.78 Å². The van der Waals surface area contributed by atoms with Crippen LogP contribution in [0.4, 0.5) is 18.6 Å². The van der Waals surface area contributed by atoms with E-state index in [4.69, 9.17) is 23.2 Å². The minimum absolute atomic E-state index is 0.149. The summed E-state index contributed by atoms with van der Waals surface area (Å²) in [7, 11) is 3.04. The van der Waals surface area contributed by atoms with Gasteiger partial charge in [0.1, 0.15) is 5.00 Å². The number of nitrogens with zero attached hydrogens (tertiary/aromatic N) is 1. The van der Waals surface area contributed by atoms with Crippen LogP contribution in [0.5, 0.6) is 0 Å². The minimum Gasteiger partial charge on any atom is -0.331 e. The molecule has 1 aromatic rings. The molecule has 0 aliphatic heterocycles. The van der Waals surface area contributed by atoms with Gasteiger partial charge in [0.25, 0.3) is 0 Å². The molecule has 3 nitrogen and oxygen atoms in total. The molecule has 0 aliphatic carbocycles. The first-order valence-electron chi connectivity index (χ1n) is 4.06. The van der Waals surface area contributed by atoms with Crippen LogP contribution in [0.3, 0.4) is 0 Å². The van der Waals surface area contributed by atoms with E-state index in [1.807, 2.05) is 0 Å². The van der Waals surface area contributed by atoms with Crippen molar-refractivity contribution in [2.24, 2.45) is 0 Å². The van der Waals surface area contributed by atoms with Crippen LogP contribution in [0.25, 0.3) is 0 Å². The number of nitrogens with one attached hydrogen (secondary N) is 1. The highest BCUT2D eigenvalue weighted by molar-refractivity contribution is 7.15. The zero-order chi connectivity index (χ0) is 12.5. The van der Waals surface area contributed by atoms with Crippen molar-refractivity contribution >= 4 is 45.6 Å². The fourth-order valence-electron chi connectivity index (χ4n) is 0.828. The van der Waals surface area contributed by atoms with Crippen molar-refractivity contribution in [3.8, 4) is 0 Å². The van der Waals surface area contributed by atoms with Gasteiger partial charge in [-0.25, -0.2) is 4.79 Å². The second kappa shape index (κ2) is 4.73. The first-order chi connectivity index (χ1) is 7.23. The average molecular weight is 289 g/mol. The van der Waals surface area contributed by atoms with E-state index in [0.29, 0.717) is 0 Å². The molecule has 2 amide bonds. The number of hydrogen-bond donors (Lipinski definition) is 1. The maximum absolute atomic E-state index is 12.8. The summed E-state index contributed by atoms with van der Waals surface area (Å²) in [5, 5.41) is -0.125. The lowest BCUT2D eigenvalue weighted by atomic mass is 10.3. The number of alkyl halides is 3. The molecule has 90 valence electrons. The van der Waals surface area contributed by atoms with Gasteiger partial charge in [-0.15, -0.1) is 11.3 Å². The third kappa shape index (κ3) is 2.96. The van der Waals surface area contributed by atoms with Crippen molar-refractivity contribution in [3.05, 3.63) is 16.0 Å². The number of rotatable bonds is 2. The normalized spacial score (nSPS) is 11.4. The number of amides is 2. The molecule has 1 heterocycles. The predicted molar refractivity (Wildman–Crippen MR) is 61.8 cm³/mol. The number of halogens is 4. The number of carbonyl (C=O) groups is 1. The monoisotopic (exact) mass is 288 g/mol. The molecule has 0 radical (unpaired) electrons. The largest absolute Gasteiger partial charge is 0.350 e. The maximum Gasteiger partial charge on any atom is 0.350 e. The van der Waals surface area contributed by atoms with Crippen molar-refractivity contribution in [3.63, 3.8) is 0 Å². The van der Waals surface area contributed by atoms with Gasteiger partial charge < -0.3 is 4.90 Å². The Kier molecular flexibility index (Phi) is 3.98. The van der Waals surface area contributed by atoms with E-state index in [2.05, 4.69) is 5.32 Å². The van der Waals surface area contributed by atoms with Gasteiger partial charge in [0.15, 0.2) is 0 Å². The summed E-state index contributed by atoms with van der Waals surface area (Å²) in [4.78, 5) is 12.5. The minimum atomic E-state index is -3.53. The SMILES string of the molecule is CN(C)C(=O)Nc1scc(C(F)(F)Cl)c1Cl. The van der Waals surface area contributed by atoms with Crippen LogP contribution >= 0.6 is 34.5 Å². The van der Waals surface area contributed by atoms with Crippen LogP contribution in [-0.4, -0.2) is 25.0 Å². The Hall–Kier alpha value is -0.590. The lowest BCUT2D eigenvalue weighted by Crippen LogP contribution is -2.27. The summed E-state index contributed by atoms with van der Waals surface area (Å²) in [6.07, 6.45) is 0. The highest BCUT2D eigenvalue weighted by Gasteiger charge is 2.33. The summed E-state index contributed by atoms with van der Waals surface area (Å²) in [5.74, 6) is 0.